The van der Waals surface area contributed by atoms with Crippen LogP contribution in [-0.2, 0) is 0 Å². The lowest BCUT2D eigenvalue weighted by molar-refractivity contribution is -0.385. The van der Waals surface area contributed by atoms with Gasteiger partial charge in [-0.3, -0.25) is 14.9 Å². The van der Waals surface area contributed by atoms with Gasteiger partial charge in [0.05, 0.1) is 12.0 Å². The minimum Gasteiger partial charge on any atom is -0.490 e. The van der Waals surface area contributed by atoms with E-state index in [1.165, 1.54) is 25.3 Å². The molecule has 7 heteroatoms. The van der Waals surface area contributed by atoms with Crippen LogP contribution in [0.4, 0.5) is 5.69 Å². The number of benzene rings is 1. The molecule has 0 spiro atoms. The summed E-state index contributed by atoms with van der Waals surface area (Å²) in [6.07, 6.45) is 1.75. The molecule has 2 N–H and O–H groups in total. The fourth-order valence-corrected chi connectivity index (χ4v) is 2.50. The van der Waals surface area contributed by atoms with Gasteiger partial charge in [0, 0.05) is 29.8 Å². The number of nitrogens with zero attached hydrogens (tertiary/aromatic N) is 1. The second-order valence-corrected chi connectivity index (χ2v) is 5.19. The summed E-state index contributed by atoms with van der Waals surface area (Å²) in [5, 5.41) is 17.1. The van der Waals surface area contributed by atoms with Crippen LogP contribution in [0.15, 0.2) is 18.2 Å². The topological polar surface area (TPSA) is 93.5 Å². The molecule has 21 heavy (non-hydrogen) atoms. The molecule has 1 aliphatic rings. The van der Waals surface area contributed by atoms with E-state index in [4.69, 9.17) is 4.74 Å². The molecule has 7 nitrogen and oxygen atoms in total. The van der Waals surface area contributed by atoms with Gasteiger partial charge in [0.1, 0.15) is 0 Å². The van der Waals surface area contributed by atoms with Gasteiger partial charge in [-0.15, -0.1) is 0 Å². The highest BCUT2D eigenvalue weighted by molar-refractivity contribution is 5.95. The number of rotatable bonds is 4. The Morgan fingerprint density at radius 2 is 2.29 bits per heavy atom. The molecule has 0 radical (unpaired) electrons. The maximum Gasteiger partial charge on any atom is 0.310 e. The number of nitro benzene ring substituents is 1. The first-order valence-electron chi connectivity index (χ1n) is 6.88. The lowest BCUT2D eigenvalue weighted by Gasteiger charge is -2.28. The normalized spacial score (nSPS) is 21.6. The highest BCUT2D eigenvalue weighted by atomic mass is 16.6. The van der Waals surface area contributed by atoms with Crippen molar-refractivity contribution < 1.29 is 14.5 Å². The summed E-state index contributed by atoms with van der Waals surface area (Å²) in [7, 11) is 1.35. The van der Waals surface area contributed by atoms with Crippen LogP contribution in [-0.4, -0.2) is 36.6 Å². The minimum absolute atomic E-state index is 0.0892. The summed E-state index contributed by atoms with van der Waals surface area (Å²) in [6.45, 7) is 2.95. The van der Waals surface area contributed by atoms with Crippen molar-refractivity contribution in [1.82, 2.24) is 10.6 Å². The molecule has 1 saturated heterocycles. The van der Waals surface area contributed by atoms with Gasteiger partial charge in [0.15, 0.2) is 5.75 Å². The molecular weight excluding hydrogens is 274 g/mol. The van der Waals surface area contributed by atoms with E-state index in [1.54, 1.807) is 0 Å². The molecule has 1 heterocycles. The molecule has 2 rings (SSSR count). The monoisotopic (exact) mass is 293 g/mol. The van der Waals surface area contributed by atoms with Gasteiger partial charge >= 0.3 is 5.69 Å². The Balaban J connectivity index is 2.10. The van der Waals surface area contributed by atoms with Gasteiger partial charge in [0.2, 0.25) is 0 Å². The first-order valence-corrected chi connectivity index (χ1v) is 6.88. The number of amides is 1. The highest BCUT2D eigenvalue weighted by Crippen LogP contribution is 2.27. The zero-order valence-corrected chi connectivity index (χ0v) is 12.1. The molecule has 114 valence electrons. The van der Waals surface area contributed by atoms with Crippen LogP contribution < -0.4 is 15.4 Å². The van der Waals surface area contributed by atoms with E-state index in [2.05, 4.69) is 17.6 Å². The summed E-state index contributed by atoms with van der Waals surface area (Å²) in [5.74, 6) is -0.145. The van der Waals surface area contributed by atoms with E-state index in [-0.39, 0.29) is 23.4 Å². The first-order chi connectivity index (χ1) is 10.0. The Bertz CT molecular complexity index is 547. The van der Waals surface area contributed by atoms with E-state index < -0.39 is 4.92 Å². The average molecular weight is 293 g/mol. The van der Waals surface area contributed by atoms with E-state index in [0.717, 1.165) is 19.4 Å². The van der Waals surface area contributed by atoms with Gasteiger partial charge in [-0.25, -0.2) is 0 Å². The molecule has 0 bridgehead atoms. The number of carbonyl (C=O) groups excluding carboxylic acids is 1. The Kier molecular flexibility index (Phi) is 4.74. The molecule has 2 unspecified atom stereocenters. The van der Waals surface area contributed by atoms with E-state index >= 15 is 0 Å². The molecule has 1 aromatic rings. The largest absolute Gasteiger partial charge is 0.490 e. The van der Waals surface area contributed by atoms with Crippen molar-refractivity contribution in [2.24, 2.45) is 0 Å². The molecule has 1 aliphatic heterocycles. The SMILES string of the molecule is COc1cc(C(=O)NC2CCNC(C)C2)ccc1[N+](=O)[O-]. The summed E-state index contributed by atoms with van der Waals surface area (Å²) < 4.78 is 4.97. The smallest absolute Gasteiger partial charge is 0.310 e. The second kappa shape index (κ2) is 6.53. The molecule has 1 fully saturated rings. The lowest BCUT2D eigenvalue weighted by Crippen LogP contribution is -2.46. The third kappa shape index (κ3) is 3.69. The van der Waals surface area contributed by atoms with Crippen LogP contribution in [0.5, 0.6) is 5.75 Å². The number of nitro groups is 1. The number of piperidine rings is 1. The second-order valence-electron chi connectivity index (χ2n) is 5.19. The van der Waals surface area contributed by atoms with Crippen molar-refractivity contribution in [3.05, 3.63) is 33.9 Å². The lowest BCUT2D eigenvalue weighted by atomic mass is 10.00. The van der Waals surface area contributed by atoms with Crippen molar-refractivity contribution >= 4 is 11.6 Å². The molecule has 1 aromatic carbocycles. The van der Waals surface area contributed by atoms with Crippen molar-refractivity contribution in [1.29, 1.82) is 0 Å². The molecule has 0 aliphatic carbocycles. The van der Waals surface area contributed by atoms with Gasteiger partial charge in [-0.1, -0.05) is 0 Å². The van der Waals surface area contributed by atoms with Crippen LogP contribution in [0.25, 0.3) is 0 Å². The third-order valence-electron chi connectivity index (χ3n) is 3.60. The molecule has 0 aromatic heterocycles. The summed E-state index contributed by atoms with van der Waals surface area (Å²) in [5.41, 5.74) is 0.216. The maximum atomic E-state index is 12.2. The number of ether oxygens (including phenoxy) is 1. The number of hydrogen-bond acceptors (Lipinski definition) is 5. The van der Waals surface area contributed by atoms with Crippen LogP contribution >= 0.6 is 0 Å². The Morgan fingerprint density at radius 1 is 1.52 bits per heavy atom. The third-order valence-corrected chi connectivity index (χ3v) is 3.60. The van der Waals surface area contributed by atoms with Gasteiger partial charge in [-0.2, -0.15) is 0 Å². The average Bonchev–Trinajstić information content (AvgIpc) is 2.46. The number of hydrogen-bond donors (Lipinski definition) is 2. The quantitative estimate of drug-likeness (QED) is 0.647. The Hall–Kier alpha value is -2.15. The van der Waals surface area contributed by atoms with Gasteiger partial charge < -0.3 is 15.4 Å². The standard InChI is InChI=1S/C14H19N3O4/c1-9-7-11(5-6-15-9)16-14(18)10-3-4-12(17(19)20)13(8-10)21-2/h3-4,8-9,11,15H,5-7H2,1-2H3,(H,16,18). The van der Waals surface area contributed by atoms with E-state index in [9.17, 15) is 14.9 Å². The summed E-state index contributed by atoms with van der Waals surface area (Å²) in [4.78, 5) is 22.5. The predicted molar refractivity (Wildman–Crippen MR) is 77.6 cm³/mol. The van der Waals surface area contributed by atoms with E-state index in [0.29, 0.717) is 11.6 Å². The Morgan fingerprint density at radius 3 is 2.90 bits per heavy atom. The van der Waals surface area contributed by atoms with Crippen LogP contribution in [0.3, 0.4) is 0 Å². The van der Waals surface area contributed by atoms with Crippen molar-refractivity contribution in [2.45, 2.75) is 31.8 Å². The Labute approximate surface area is 122 Å². The number of carbonyl (C=O) groups is 1. The van der Waals surface area contributed by atoms with Crippen molar-refractivity contribution in [2.75, 3.05) is 13.7 Å². The summed E-state index contributed by atoms with van der Waals surface area (Å²) in [6, 6.07) is 4.63. The molecular formula is C14H19N3O4. The minimum atomic E-state index is -0.533. The van der Waals surface area contributed by atoms with Gasteiger partial charge in [0.25, 0.3) is 5.91 Å². The fraction of sp³-hybridized carbons (Fsp3) is 0.500. The zero-order valence-electron chi connectivity index (χ0n) is 12.1. The van der Waals surface area contributed by atoms with Crippen molar-refractivity contribution in [3.8, 4) is 5.75 Å². The molecule has 1 amide bonds. The van der Waals surface area contributed by atoms with Gasteiger partial charge in [-0.05, 0) is 32.4 Å². The van der Waals surface area contributed by atoms with Crippen LogP contribution in [0.2, 0.25) is 0 Å². The first kappa shape index (κ1) is 15.2. The van der Waals surface area contributed by atoms with Crippen LogP contribution in [0, 0.1) is 10.1 Å². The number of nitrogens with one attached hydrogen (secondary N) is 2. The number of methoxy groups -OCH3 is 1. The molecule has 2 atom stereocenters. The van der Waals surface area contributed by atoms with Crippen LogP contribution in [0.1, 0.15) is 30.1 Å². The maximum absolute atomic E-state index is 12.2. The zero-order chi connectivity index (χ0) is 15.4. The van der Waals surface area contributed by atoms with E-state index in [1.807, 2.05) is 0 Å². The predicted octanol–water partition coefficient (Wildman–Crippen LogP) is 1.47. The molecule has 0 saturated carbocycles. The fourth-order valence-electron chi connectivity index (χ4n) is 2.50. The summed E-state index contributed by atoms with van der Waals surface area (Å²) >= 11 is 0. The highest BCUT2D eigenvalue weighted by Gasteiger charge is 2.22. The van der Waals surface area contributed by atoms with Crippen molar-refractivity contribution in [3.63, 3.8) is 0 Å².